The van der Waals surface area contributed by atoms with Gasteiger partial charge in [-0.25, -0.2) is 4.98 Å². The second-order valence-corrected chi connectivity index (χ2v) is 7.89. The van der Waals surface area contributed by atoms with Crippen molar-refractivity contribution in [2.24, 2.45) is 0 Å². The molecule has 7 heteroatoms. The average Bonchev–Trinajstić information content (AvgIpc) is 3.35. The Kier molecular flexibility index (Phi) is 5.76. The molecule has 148 valence electrons. The van der Waals surface area contributed by atoms with E-state index in [2.05, 4.69) is 63.7 Å². The topological polar surface area (TPSA) is 69.6 Å². The maximum atomic E-state index is 5.74. The summed E-state index contributed by atoms with van der Waals surface area (Å²) in [5, 5.41) is 9.71. The molecule has 4 aromatic rings. The normalized spacial score (nSPS) is 11.1. The minimum absolute atomic E-state index is 0.658. The van der Waals surface area contributed by atoms with Gasteiger partial charge in [-0.2, -0.15) is 0 Å². The molecule has 0 saturated carbocycles. The van der Waals surface area contributed by atoms with Crippen LogP contribution in [0.4, 0.5) is 0 Å². The molecule has 0 aliphatic carbocycles. The van der Waals surface area contributed by atoms with Gasteiger partial charge < -0.3 is 8.98 Å². The molecule has 0 saturated heterocycles. The molecule has 0 amide bonds. The molecule has 0 aliphatic heterocycles. The van der Waals surface area contributed by atoms with Gasteiger partial charge in [0.15, 0.2) is 11.0 Å². The van der Waals surface area contributed by atoms with Crippen LogP contribution in [-0.2, 0) is 12.3 Å². The van der Waals surface area contributed by atoms with Crippen LogP contribution in [0, 0.1) is 13.8 Å². The lowest BCUT2D eigenvalue weighted by Gasteiger charge is -2.08. The molecule has 1 aromatic carbocycles. The lowest BCUT2D eigenvalue weighted by Crippen LogP contribution is -2.02. The maximum Gasteiger partial charge on any atom is 0.226 e. The Balaban J connectivity index is 1.52. The Hall–Kier alpha value is -2.93. The van der Waals surface area contributed by atoms with Crippen LogP contribution in [0.5, 0.6) is 0 Å². The summed E-state index contributed by atoms with van der Waals surface area (Å²) in [7, 11) is 0. The first-order valence-electron chi connectivity index (χ1n) is 9.64. The molecule has 4 rings (SSSR count). The zero-order valence-corrected chi connectivity index (χ0v) is 17.6. The number of thioether (sulfide) groups is 1. The number of hydrogen-bond donors (Lipinski definition) is 0. The third-order valence-electron chi connectivity index (χ3n) is 4.62. The fraction of sp³-hybridized carbons (Fsp3) is 0.273. The molecule has 29 heavy (non-hydrogen) atoms. The third-order valence-corrected chi connectivity index (χ3v) is 5.62. The molecular formula is C22H23N5OS. The number of aromatic nitrogens is 5. The quantitative estimate of drug-likeness (QED) is 0.388. The van der Waals surface area contributed by atoms with E-state index in [4.69, 9.17) is 4.42 Å². The predicted octanol–water partition coefficient (Wildman–Crippen LogP) is 5.31. The SMILES string of the molecule is CCCn1c(SCc2coc(-c3ccc(C)cc3C)n2)nnc1-c1ccncc1. The van der Waals surface area contributed by atoms with Gasteiger partial charge in [0.25, 0.3) is 0 Å². The summed E-state index contributed by atoms with van der Waals surface area (Å²) in [4.78, 5) is 8.76. The molecule has 3 aromatic heterocycles. The number of nitrogens with zero attached hydrogens (tertiary/aromatic N) is 5. The van der Waals surface area contributed by atoms with Crippen molar-refractivity contribution in [1.29, 1.82) is 0 Å². The molecule has 0 radical (unpaired) electrons. The van der Waals surface area contributed by atoms with E-state index in [0.717, 1.165) is 46.3 Å². The highest BCUT2D eigenvalue weighted by Gasteiger charge is 2.15. The van der Waals surface area contributed by atoms with Gasteiger partial charge in [0.05, 0.1) is 5.69 Å². The molecule has 0 N–H and O–H groups in total. The van der Waals surface area contributed by atoms with E-state index in [1.807, 2.05) is 12.1 Å². The Bertz CT molecular complexity index is 1100. The van der Waals surface area contributed by atoms with Crippen molar-refractivity contribution in [2.45, 2.75) is 44.6 Å². The number of aryl methyl sites for hydroxylation is 2. The highest BCUT2D eigenvalue weighted by molar-refractivity contribution is 7.98. The summed E-state index contributed by atoms with van der Waals surface area (Å²) in [5.74, 6) is 2.20. The first kappa shape index (κ1) is 19.4. The van der Waals surface area contributed by atoms with Gasteiger partial charge in [-0.05, 0) is 44.0 Å². The van der Waals surface area contributed by atoms with E-state index in [9.17, 15) is 0 Å². The van der Waals surface area contributed by atoms with Crippen molar-refractivity contribution < 1.29 is 4.42 Å². The van der Waals surface area contributed by atoms with E-state index < -0.39 is 0 Å². The van der Waals surface area contributed by atoms with Gasteiger partial charge in [-0.15, -0.1) is 10.2 Å². The van der Waals surface area contributed by atoms with Gasteiger partial charge in [0.2, 0.25) is 5.89 Å². The van der Waals surface area contributed by atoms with E-state index >= 15 is 0 Å². The molecule has 0 unspecified atom stereocenters. The highest BCUT2D eigenvalue weighted by atomic mass is 32.2. The van der Waals surface area contributed by atoms with Gasteiger partial charge >= 0.3 is 0 Å². The Morgan fingerprint density at radius 1 is 1.07 bits per heavy atom. The standard InChI is InChI=1S/C22H23N5OS/c1-4-11-27-20(17-7-9-23-10-8-17)25-26-22(27)29-14-18-13-28-21(24-18)19-6-5-15(2)12-16(19)3/h5-10,12-13H,4,11,14H2,1-3H3. The van der Waals surface area contributed by atoms with Gasteiger partial charge in [-0.1, -0.05) is 36.4 Å². The molecule has 3 heterocycles. The van der Waals surface area contributed by atoms with Crippen molar-refractivity contribution in [3.63, 3.8) is 0 Å². The van der Waals surface area contributed by atoms with Crippen LogP contribution in [-0.4, -0.2) is 24.7 Å². The van der Waals surface area contributed by atoms with Crippen LogP contribution in [0.25, 0.3) is 22.8 Å². The van der Waals surface area contributed by atoms with Crippen LogP contribution in [0.2, 0.25) is 0 Å². The van der Waals surface area contributed by atoms with E-state index in [1.165, 1.54) is 5.56 Å². The first-order valence-corrected chi connectivity index (χ1v) is 10.6. The molecule has 0 fully saturated rings. The van der Waals surface area contributed by atoms with E-state index in [-0.39, 0.29) is 0 Å². The predicted molar refractivity (Wildman–Crippen MR) is 115 cm³/mol. The highest BCUT2D eigenvalue weighted by Crippen LogP contribution is 2.28. The average molecular weight is 406 g/mol. The van der Waals surface area contributed by atoms with Crippen LogP contribution in [0.15, 0.2) is 58.6 Å². The molecular weight excluding hydrogens is 382 g/mol. The van der Waals surface area contributed by atoms with Gasteiger partial charge in [-0.3, -0.25) is 4.98 Å². The lowest BCUT2D eigenvalue weighted by molar-refractivity contribution is 0.573. The van der Waals surface area contributed by atoms with E-state index in [0.29, 0.717) is 11.6 Å². The van der Waals surface area contributed by atoms with E-state index in [1.54, 1.807) is 30.4 Å². The zero-order chi connectivity index (χ0) is 20.2. The van der Waals surface area contributed by atoms with Crippen LogP contribution >= 0.6 is 11.8 Å². The van der Waals surface area contributed by atoms with Crippen molar-refractivity contribution in [2.75, 3.05) is 0 Å². The third kappa shape index (κ3) is 4.24. The van der Waals surface area contributed by atoms with Crippen LogP contribution in [0.3, 0.4) is 0 Å². The second-order valence-electron chi connectivity index (χ2n) is 6.94. The molecule has 6 nitrogen and oxygen atoms in total. The van der Waals surface area contributed by atoms with Crippen molar-refractivity contribution >= 4 is 11.8 Å². The maximum absolute atomic E-state index is 5.74. The minimum atomic E-state index is 0.658. The smallest absolute Gasteiger partial charge is 0.226 e. The number of hydrogen-bond acceptors (Lipinski definition) is 6. The van der Waals surface area contributed by atoms with Crippen molar-refractivity contribution in [3.8, 4) is 22.8 Å². The molecule has 0 atom stereocenters. The van der Waals surface area contributed by atoms with Crippen LogP contribution < -0.4 is 0 Å². The second kappa shape index (κ2) is 8.61. The fourth-order valence-corrected chi connectivity index (χ4v) is 4.07. The summed E-state index contributed by atoms with van der Waals surface area (Å²) in [6, 6.07) is 10.2. The van der Waals surface area contributed by atoms with Crippen LogP contribution in [0.1, 0.15) is 30.2 Å². The Morgan fingerprint density at radius 2 is 1.90 bits per heavy atom. The monoisotopic (exact) mass is 405 g/mol. The largest absolute Gasteiger partial charge is 0.444 e. The summed E-state index contributed by atoms with van der Waals surface area (Å²) in [6.07, 6.45) is 6.28. The number of benzene rings is 1. The summed E-state index contributed by atoms with van der Waals surface area (Å²) < 4.78 is 7.90. The summed E-state index contributed by atoms with van der Waals surface area (Å²) in [6.45, 7) is 7.17. The number of pyridine rings is 1. The summed E-state index contributed by atoms with van der Waals surface area (Å²) in [5.41, 5.74) is 5.33. The summed E-state index contributed by atoms with van der Waals surface area (Å²) >= 11 is 1.62. The molecule has 0 aliphatic rings. The number of oxazole rings is 1. The molecule has 0 spiro atoms. The Morgan fingerprint density at radius 3 is 2.66 bits per heavy atom. The first-order chi connectivity index (χ1) is 14.2. The van der Waals surface area contributed by atoms with Crippen molar-refractivity contribution in [1.82, 2.24) is 24.7 Å². The van der Waals surface area contributed by atoms with Gasteiger partial charge in [0, 0.05) is 35.8 Å². The lowest BCUT2D eigenvalue weighted by atomic mass is 10.1. The van der Waals surface area contributed by atoms with Gasteiger partial charge in [0.1, 0.15) is 6.26 Å². The van der Waals surface area contributed by atoms with Crippen molar-refractivity contribution in [3.05, 3.63) is 65.8 Å². The molecule has 0 bridgehead atoms. The fourth-order valence-electron chi connectivity index (χ4n) is 3.22. The minimum Gasteiger partial charge on any atom is -0.444 e. The Labute approximate surface area is 174 Å². The number of rotatable bonds is 7. The zero-order valence-electron chi connectivity index (χ0n) is 16.8.